The maximum Gasteiger partial charge on any atom is 0.466 e. The van der Waals surface area contributed by atoms with E-state index in [9.17, 15) is 0 Å². The third kappa shape index (κ3) is 28.5. The molecule has 4 nitrogen and oxygen atoms in total. The summed E-state index contributed by atoms with van der Waals surface area (Å²) >= 11 is 0. The predicted molar refractivity (Wildman–Crippen MR) is 205 cm³/mol. The average molecular weight is 669 g/mol. The summed E-state index contributed by atoms with van der Waals surface area (Å²) in [7, 11) is -4.64. The number of benzene rings is 3. The Morgan fingerprint density at radius 2 is 0.511 bits per heavy atom. The highest BCUT2D eigenvalue weighted by atomic mass is 31.2. The molecule has 3 N–H and O–H groups in total. The summed E-state index contributed by atoms with van der Waals surface area (Å²) < 4.78 is 8.88. The van der Waals surface area contributed by atoms with Crippen molar-refractivity contribution in [3.8, 4) is 0 Å². The molecule has 5 heteroatoms. The van der Waals surface area contributed by atoms with Crippen LogP contribution in [0.1, 0.15) is 116 Å². The van der Waals surface area contributed by atoms with Gasteiger partial charge >= 0.3 is 7.82 Å². The highest BCUT2D eigenvalue weighted by Crippen LogP contribution is 2.25. The van der Waals surface area contributed by atoms with Gasteiger partial charge < -0.3 is 14.7 Å². The second-order valence-corrected chi connectivity index (χ2v) is 16.6. The van der Waals surface area contributed by atoms with Crippen molar-refractivity contribution in [3.05, 3.63) is 106 Å². The second kappa shape index (κ2) is 24.0. The summed E-state index contributed by atoms with van der Waals surface area (Å²) in [6.45, 7) is 27.3. The monoisotopic (exact) mass is 668 g/mol. The standard InChI is InChI=1S/3C14H22.H3O4P/c3*1-11(2)8-13-6-5-7-14(10-13)9-12(3)4;1-5(2,3)4/h3*5-7,10-12H,8-9H2,1-4H3;(H3,1,2,3,4). The molecule has 0 heterocycles. The van der Waals surface area contributed by atoms with E-state index in [-0.39, 0.29) is 0 Å². The van der Waals surface area contributed by atoms with Gasteiger partial charge in [0.15, 0.2) is 0 Å². The molecule has 0 radical (unpaired) electrons. The van der Waals surface area contributed by atoms with Gasteiger partial charge in [-0.05, 0) is 107 Å². The molecule has 0 atom stereocenters. The van der Waals surface area contributed by atoms with Crippen molar-refractivity contribution in [2.75, 3.05) is 0 Å². The fraction of sp³-hybridized carbons (Fsp3) is 0.571. The van der Waals surface area contributed by atoms with Crippen LogP contribution in [0.5, 0.6) is 0 Å². The van der Waals surface area contributed by atoms with Crippen LogP contribution in [0.4, 0.5) is 0 Å². The summed E-state index contributed by atoms with van der Waals surface area (Å²) in [5.41, 5.74) is 8.91. The molecule has 3 aromatic rings. The van der Waals surface area contributed by atoms with Crippen LogP contribution < -0.4 is 0 Å². The molecule has 0 unspecified atom stereocenters. The van der Waals surface area contributed by atoms with Crippen LogP contribution in [0.25, 0.3) is 0 Å². The van der Waals surface area contributed by atoms with Crippen LogP contribution in [0, 0.1) is 35.5 Å². The van der Waals surface area contributed by atoms with E-state index in [2.05, 4.69) is 156 Å². The predicted octanol–water partition coefficient (Wildman–Crippen LogP) is 11.3. The molecule has 0 aliphatic rings. The Balaban J connectivity index is 0.000000629. The van der Waals surface area contributed by atoms with Crippen LogP contribution in [-0.4, -0.2) is 14.7 Å². The SMILES string of the molecule is CC(C)Cc1cccc(CC(C)C)c1.CC(C)Cc1cccc(CC(C)C)c1.CC(C)Cc1cccc(CC(C)C)c1.O=P(O)(O)O. The van der Waals surface area contributed by atoms with Crippen molar-refractivity contribution in [1.82, 2.24) is 0 Å². The zero-order valence-corrected chi connectivity index (χ0v) is 32.7. The molecule has 0 amide bonds. The lowest BCUT2D eigenvalue weighted by molar-refractivity contribution is 0.275. The lowest BCUT2D eigenvalue weighted by Crippen LogP contribution is -1.97. The van der Waals surface area contributed by atoms with Gasteiger partial charge in [0.05, 0.1) is 0 Å². The third-order valence-corrected chi connectivity index (χ3v) is 6.84. The van der Waals surface area contributed by atoms with Gasteiger partial charge in [-0.25, -0.2) is 4.57 Å². The summed E-state index contributed by atoms with van der Waals surface area (Å²) in [6.07, 6.45) is 7.20. The molecule has 0 saturated carbocycles. The van der Waals surface area contributed by atoms with E-state index in [4.69, 9.17) is 19.2 Å². The zero-order valence-electron chi connectivity index (χ0n) is 31.8. The molecule has 0 saturated heterocycles. The van der Waals surface area contributed by atoms with Crippen molar-refractivity contribution in [2.24, 2.45) is 35.5 Å². The van der Waals surface area contributed by atoms with E-state index >= 15 is 0 Å². The van der Waals surface area contributed by atoms with Gasteiger partial charge in [0.25, 0.3) is 0 Å². The summed E-state index contributed by atoms with van der Waals surface area (Å²) in [4.78, 5) is 21.6. The first-order valence-corrected chi connectivity index (χ1v) is 19.3. The molecule has 0 bridgehead atoms. The van der Waals surface area contributed by atoms with E-state index < -0.39 is 7.82 Å². The molecule has 0 fully saturated rings. The Kier molecular flexibility index (Phi) is 22.9. The maximum absolute atomic E-state index is 8.88. The lowest BCUT2D eigenvalue weighted by atomic mass is 9.97. The van der Waals surface area contributed by atoms with Crippen molar-refractivity contribution in [3.63, 3.8) is 0 Å². The minimum Gasteiger partial charge on any atom is -0.303 e. The van der Waals surface area contributed by atoms with Crippen LogP contribution in [0.15, 0.2) is 72.8 Å². The van der Waals surface area contributed by atoms with Gasteiger partial charge in [-0.1, -0.05) is 156 Å². The summed E-state index contributed by atoms with van der Waals surface area (Å²) in [6, 6.07) is 27.1. The Morgan fingerprint density at radius 1 is 0.383 bits per heavy atom. The van der Waals surface area contributed by atoms with E-state index in [1.54, 1.807) is 0 Å². The van der Waals surface area contributed by atoms with E-state index in [1.807, 2.05) is 0 Å². The molecule has 0 aliphatic carbocycles. The topological polar surface area (TPSA) is 77.8 Å². The van der Waals surface area contributed by atoms with Crippen LogP contribution in [0.3, 0.4) is 0 Å². The normalized spacial score (nSPS) is 11.3. The summed E-state index contributed by atoms with van der Waals surface area (Å²) in [5.74, 6) is 4.52. The molecule has 266 valence electrons. The van der Waals surface area contributed by atoms with Crippen molar-refractivity contribution in [1.29, 1.82) is 0 Å². The van der Waals surface area contributed by atoms with Crippen LogP contribution in [0.2, 0.25) is 0 Å². The fourth-order valence-electron chi connectivity index (χ4n) is 5.48. The highest BCUT2D eigenvalue weighted by Gasteiger charge is 2.04. The summed E-state index contributed by atoms with van der Waals surface area (Å²) in [5, 5.41) is 0. The molecule has 0 aliphatic heterocycles. The molecular weight excluding hydrogens is 599 g/mol. The largest absolute Gasteiger partial charge is 0.466 e. The Morgan fingerprint density at radius 3 is 0.617 bits per heavy atom. The zero-order chi connectivity index (χ0) is 36.2. The molecule has 3 aromatic carbocycles. The minimum atomic E-state index is -4.64. The van der Waals surface area contributed by atoms with E-state index in [0.29, 0.717) is 0 Å². The molecule has 47 heavy (non-hydrogen) atoms. The second-order valence-electron chi connectivity index (χ2n) is 15.6. The van der Waals surface area contributed by atoms with Crippen molar-refractivity contribution >= 4 is 7.82 Å². The first kappa shape index (κ1) is 44.8. The Hall–Kier alpha value is -2.23. The van der Waals surface area contributed by atoms with E-state index in [1.165, 1.54) is 71.9 Å². The maximum atomic E-state index is 8.88. The van der Waals surface area contributed by atoms with Gasteiger partial charge in [0.2, 0.25) is 0 Å². The van der Waals surface area contributed by atoms with E-state index in [0.717, 1.165) is 35.5 Å². The fourth-order valence-corrected chi connectivity index (χ4v) is 5.48. The lowest BCUT2D eigenvalue weighted by Gasteiger charge is -2.09. The molecule has 0 aromatic heterocycles. The van der Waals surface area contributed by atoms with Crippen molar-refractivity contribution < 1.29 is 19.2 Å². The van der Waals surface area contributed by atoms with Gasteiger partial charge in [-0.2, -0.15) is 0 Å². The van der Waals surface area contributed by atoms with Gasteiger partial charge in [-0.3, -0.25) is 0 Å². The minimum absolute atomic E-state index is 0.754. The molecular formula is C42H69O4P. The smallest absolute Gasteiger partial charge is 0.303 e. The quantitative estimate of drug-likeness (QED) is 0.168. The highest BCUT2D eigenvalue weighted by molar-refractivity contribution is 7.45. The first-order valence-electron chi connectivity index (χ1n) is 17.7. The van der Waals surface area contributed by atoms with Gasteiger partial charge in [0.1, 0.15) is 0 Å². The number of hydrogen-bond acceptors (Lipinski definition) is 1. The average Bonchev–Trinajstić information content (AvgIpc) is 2.87. The van der Waals surface area contributed by atoms with Gasteiger partial charge in [-0.15, -0.1) is 0 Å². The first-order chi connectivity index (χ1) is 21.7. The van der Waals surface area contributed by atoms with Gasteiger partial charge in [0, 0.05) is 0 Å². The van der Waals surface area contributed by atoms with Crippen LogP contribution >= 0.6 is 7.82 Å². The third-order valence-electron chi connectivity index (χ3n) is 6.84. The van der Waals surface area contributed by atoms with Crippen LogP contribution in [-0.2, 0) is 43.1 Å². The number of phosphoric acid groups is 1. The Labute approximate surface area is 289 Å². The molecule has 0 spiro atoms. The molecule has 3 rings (SSSR count). The number of hydrogen-bond donors (Lipinski definition) is 3. The Bertz CT molecular complexity index is 1050. The number of rotatable bonds is 12. The van der Waals surface area contributed by atoms with Crippen molar-refractivity contribution in [2.45, 2.75) is 122 Å².